The third-order valence-corrected chi connectivity index (χ3v) is 8.95. The Morgan fingerprint density at radius 1 is 1.05 bits per heavy atom. The number of fused-ring (bicyclic) bond motifs is 4. The van der Waals surface area contributed by atoms with E-state index in [0.717, 1.165) is 62.9 Å². The Morgan fingerprint density at radius 2 is 1.92 bits per heavy atom. The Bertz CT molecular complexity index is 1770. The lowest BCUT2D eigenvalue weighted by molar-refractivity contribution is -0.120. The summed E-state index contributed by atoms with van der Waals surface area (Å²) in [6.45, 7) is 4.40. The molecule has 2 N–H and O–H groups in total. The van der Waals surface area contributed by atoms with Gasteiger partial charge in [0.2, 0.25) is 5.91 Å². The number of pyridine rings is 1. The van der Waals surface area contributed by atoms with Crippen molar-refractivity contribution in [3.05, 3.63) is 71.1 Å². The number of carbonyl (C=O) groups is 1. The first-order valence-corrected chi connectivity index (χ1v) is 14.3. The average molecular weight is 540 g/mol. The summed E-state index contributed by atoms with van der Waals surface area (Å²) in [4.78, 5) is 33.0. The van der Waals surface area contributed by atoms with Crippen molar-refractivity contribution in [2.75, 3.05) is 49.6 Å². The van der Waals surface area contributed by atoms with E-state index < -0.39 is 0 Å². The molecule has 9 heteroatoms. The molecule has 2 fully saturated rings. The molecule has 0 saturated carbocycles. The van der Waals surface area contributed by atoms with Crippen LogP contribution in [0.3, 0.4) is 0 Å². The number of nitrogens with one attached hydrogen (secondary N) is 2. The quantitative estimate of drug-likeness (QED) is 0.350. The molecule has 198 valence electrons. The Labute approximate surface area is 229 Å². The van der Waals surface area contributed by atoms with Crippen molar-refractivity contribution in [1.29, 1.82) is 0 Å². The first-order chi connectivity index (χ1) is 19.2. The van der Waals surface area contributed by atoms with Crippen LogP contribution in [0, 0.1) is 5.92 Å². The standard InChI is InChI=1S/C30H29N5O3S/c36-27-17-26(34-12-14-38-15-13-34)33-29-23(7-3-11-35(27)29)21-5-1-6-22-24-16-20(8-9-25(24)39-28(21)22)32-30(37)19-4-2-10-31-18-19/h1,3,5-9,11,16-17,19,31H,2,4,10,12-15,18H2,(H,32,37)/t19-/m1/s1. The summed E-state index contributed by atoms with van der Waals surface area (Å²) in [5.74, 6) is 0.767. The van der Waals surface area contributed by atoms with Crippen LogP contribution in [0.4, 0.5) is 11.5 Å². The summed E-state index contributed by atoms with van der Waals surface area (Å²) in [5.41, 5.74) is 3.32. The number of thiophene rings is 1. The van der Waals surface area contributed by atoms with Crippen LogP contribution in [0.5, 0.6) is 0 Å². The molecule has 2 saturated heterocycles. The first-order valence-electron chi connectivity index (χ1n) is 13.5. The van der Waals surface area contributed by atoms with Gasteiger partial charge in [-0.25, -0.2) is 4.98 Å². The van der Waals surface area contributed by atoms with E-state index in [0.29, 0.717) is 37.8 Å². The van der Waals surface area contributed by atoms with Crippen molar-refractivity contribution >= 4 is 54.6 Å². The minimum absolute atomic E-state index is 0.00453. The molecule has 0 unspecified atom stereocenters. The molecule has 0 bridgehead atoms. The summed E-state index contributed by atoms with van der Waals surface area (Å²) in [6, 6.07) is 18.0. The number of ether oxygens (including phenoxy) is 1. The number of piperidine rings is 1. The Balaban J connectivity index is 1.31. The van der Waals surface area contributed by atoms with Gasteiger partial charge in [-0.15, -0.1) is 11.3 Å². The van der Waals surface area contributed by atoms with Gasteiger partial charge in [0, 0.05) is 68.9 Å². The van der Waals surface area contributed by atoms with Gasteiger partial charge in [-0.3, -0.25) is 14.0 Å². The van der Waals surface area contributed by atoms with E-state index in [2.05, 4.69) is 45.9 Å². The highest BCUT2D eigenvalue weighted by atomic mass is 32.1. The van der Waals surface area contributed by atoms with E-state index in [1.54, 1.807) is 28.0 Å². The van der Waals surface area contributed by atoms with Crippen molar-refractivity contribution in [3.63, 3.8) is 0 Å². The van der Waals surface area contributed by atoms with Gasteiger partial charge in [0.05, 0.1) is 19.1 Å². The minimum atomic E-state index is -0.0968. The molecule has 0 spiro atoms. The number of hydrogen-bond donors (Lipinski definition) is 2. The number of anilines is 2. The summed E-state index contributed by atoms with van der Waals surface area (Å²) in [6.07, 6.45) is 3.72. The highest BCUT2D eigenvalue weighted by Crippen LogP contribution is 2.41. The van der Waals surface area contributed by atoms with E-state index in [1.165, 1.54) is 0 Å². The van der Waals surface area contributed by atoms with Crippen LogP contribution in [0.2, 0.25) is 0 Å². The lowest BCUT2D eigenvalue weighted by Crippen LogP contribution is -2.37. The molecule has 7 rings (SSSR count). The number of morpholine rings is 1. The average Bonchev–Trinajstić information content (AvgIpc) is 3.36. The Hall–Kier alpha value is -3.79. The molecule has 1 amide bonds. The molecule has 2 aliphatic rings. The van der Waals surface area contributed by atoms with Crippen LogP contribution in [0.25, 0.3) is 36.9 Å². The monoisotopic (exact) mass is 539 g/mol. The smallest absolute Gasteiger partial charge is 0.259 e. The fraction of sp³-hybridized carbons (Fsp3) is 0.300. The fourth-order valence-corrected chi connectivity index (χ4v) is 6.90. The molecule has 5 heterocycles. The predicted molar refractivity (Wildman–Crippen MR) is 157 cm³/mol. The normalized spacial score (nSPS) is 18.2. The van der Waals surface area contributed by atoms with Crippen molar-refractivity contribution in [2.45, 2.75) is 12.8 Å². The van der Waals surface area contributed by atoms with Crippen LogP contribution in [-0.2, 0) is 9.53 Å². The van der Waals surface area contributed by atoms with Gasteiger partial charge in [-0.05, 0) is 49.7 Å². The maximum Gasteiger partial charge on any atom is 0.259 e. The Kier molecular flexibility index (Phi) is 6.27. The minimum Gasteiger partial charge on any atom is -0.378 e. The molecule has 2 aliphatic heterocycles. The summed E-state index contributed by atoms with van der Waals surface area (Å²) in [5, 5.41) is 8.68. The number of aromatic nitrogens is 2. The summed E-state index contributed by atoms with van der Waals surface area (Å²) >= 11 is 1.72. The third kappa shape index (κ3) is 4.46. The van der Waals surface area contributed by atoms with E-state index in [4.69, 9.17) is 9.72 Å². The first kappa shape index (κ1) is 24.3. The zero-order chi connectivity index (χ0) is 26.3. The van der Waals surface area contributed by atoms with Crippen LogP contribution in [0.15, 0.2) is 65.6 Å². The molecule has 1 atom stereocenters. The molecule has 0 aliphatic carbocycles. The fourth-order valence-electron chi connectivity index (χ4n) is 5.69. The van der Waals surface area contributed by atoms with Gasteiger partial charge < -0.3 is 20.3 Å². The molecule has 3 aromatic heterocycles. The second-order valence-electron chi connectivity index (χ2n) is 10.2. The molecule has 0 radical (unpaired) electrons. The number of nitrogens with zero attached hydrogens (tertiary/aromatic N) is 3. The van der Waals surface area contributed by atoms with Crippen molar-refractivity contribution < 1.29 is 9.53 Å². The topological polar surface area (TPSA) is 88.0 Å². The van der Waals surface area contributed by atoms with Gasteiger partial charge in [-0.2, -0.15) is 0 Å². The van der Waals surface area contributed by atoms with Crippen molar-refractivity contribution in [3.8, 4) is 11.1 Å². The van der Waals surface area contributed by atoms with Gasteiger partial charge >= 0.3 is 0 Å². The predicted octanol–water partition coefficient (Wildman–Crippen LogP) is 4.50. The molecular formula is C30H29N5O3S. The number of benzene rings is 2. The van der Waals surface area contributed by atoms with Crippen LogP contribution in [-0.4, -0.2) is 54.7 Å². The van der Waals surface area contributed by atoms with Gasteiger partial charge in [0.15, 0.2) is 0 Å². The number of carbonyl (C=O) groups excluding carboxylic acids is 1. The second kappa shape index (κ2) is 10.1. The van der Waals surface area contributed by atoms with Gasteiger partial charge in [0.1, 0.15) is 11.5 Å². The number of amides is 1. The van der Waals surface area contributed by atoms with Gasteiger partial charge in [0.25, 0.3) is 5.56 Å². The molecule has 39 heavy (non-hydrogen) atoms. The Morgan fingerprint density at radius 3 is 2.77 bits per heavy atom. The van der Waals surface area contributed by atoms with E-state index in [1.807, 2.05) is 18.2 Å². The third-order valence-electron chi connectivity index (χ3n) is 7.73. The highest BCUT2D eigenvalue weighted by Gasteiger charge is 2.22. The van der Waals surface area contributed by atoms with Gasteiger partial charge in [-0.1, -0.05) is 18.2 Å². The maximum atomic E-state index is 13.1. The number of hydrogen-bond acceptors (Lipinski definition) is 7. The zero-order valence-corrected chi connectivity index (χ0v) is 22.3. The largest absolute Gasteiger partial charge is 0.378 e. The lowest BCUT2D eigenvalue weighted by atomic mass is 9.98. The molecular weight excluding hydrogens is 510 g/mol. The summed E-state index contributed by atoms with van der Waals surface area (Å²) < 4.78 is 9.39. The van der Waals surface area contributed by atoms with Crippen molar-refractivity contribution in [2.24, 2.45) is 5.92 Å². The molecule has 8 nitrogen and oxygen atoms in total. The second-order valence-corrected chi connectivity index (χ2v) is 11.2. The van der Waals surface area contributed by atoms with E-state index in [9.17, 15) is 9.59 Å². The lowest BCUT2D eigenvalue weighted by Gasteiger charge is -2.27. The number of rotatable bonds is 4. The van der Waals surface area contributed by atoms with Crippen LogP contribution < -0.4 is 21.1 Å². The summed E-state index contributed by atoms with van der Waals surface area (Å²) in [7, 11) is 0. The van der Waals surface area contributed by atoms with Crippen molar-refractivity contribution in [1.82, 2.24) is 14.7 Å². The maximum absolute atomic E-state index is 13.1. The van der Waals surface area contributed by atoms with E-state index >= 15 is 0 Å². The molecule has 2 aromatic carbocycles. The molecule has 5 aromatic rings. The zero-order valence-electron chi connectivity index (χ0n) is 21.5. The van der Waals surface area contributed by atoms with Crippen LogP contribution in [0.1, 0.15) is 12.8 Å². The highest BCUT2D eigenvalue weighted by molar-refractivity contribution is 7.26. The van der Waals surface area contributed by atoms with Crippen LogP contribution >= 0.6 is 11.3 Å². The SMILES string of the molecule is O=C(Nc1ccc2sc3c(-c4cccn5c(=O)cc(N6CCOCC6)nc45)cccc3c2c1)[C@@H]1CCCNC1. The van der Waals surface area contributed by atoms with E-state index in [-0.39, 0.29) is 17.4 Å².